The molecule has 1 aliphatic rings. The number of ether oxygens (including phenoxy) is 1. The van der Waals surface area contributed by atoms with Crippen molar-refractivity contribution in [1.29, 1.82) is 0 Å². The lowest BCUT2D eigenvalue weighted by atomic mass is 9.96. The zero-order valence-corrected chi connectivity index (χ0v) is 15.0. The summed E-state index contributed by atoms with van der Waals surface area (Å²) in [6.45, 7) is 5.73. The smallest absolute Gasteiger partial charge is 0.410 e. The molecule has 3 heterocycles. The van der Waals surface area contributed by atoms with Gasteiger partial charge in [0.25, 0.3) is 0 Å². The SMILES string of the molecule is CC(C)(C)OC(=O)N1C/C(=C\c2ccco2)C(=O)/C(=C/c2ccco2)C1. The Morgan fingerprint density at radius 3 is 1.92 bits per heavy atom. The van der Waals surface area contributed by atoms with Gasteiger partial charge in [0, 0.05) is 11.1 Å². The summed E-state index contributed by atoms with van der Waals surface area (Å²) in [5.74, 6) is 0.964. The van der Waals surface area contributed by atoms with E-state index < -0.39 is 11.7 Å². The van der Waals surface area contributed by atoms with E-state index in [9.17, 15) is 9.59 Å². The quantitative estimate of drug-likeness (QED) is 0.756. The largest absolute Gasteiger partial charge is 0.465 e. The summed E-state index contributed by atoms with van der Waals surface area (Å²) in [5, 5.41) is 0. The van der Waals surface area contributed by atoms with Crippen LogP contribution < -0.4 is 0 Å². The van der Waals surface area contributed by atoms with Crippen LogP contribution in [0.5, 0.6) is 0 Å². The summed E-state index contributed by atoms with van der Waals surface area (Å²) in [5.41, 5.74) is 0.290. The number of ketones is 1. The number of piperidine rings is 1. The van der Waals surface area contributed by atoms with E-state index in [2.05, 4.69) is 0 Å². The highest BCUT2D eigenvalue weighted by molar-refractivity contribution is 6.15. The molecule has 0 saturated carbocycles. The number of hydrogen-bond donors (Lipinski definition) is 0. The van der Waals surface area contributed by atoms with Gasteiger partial charge >= 0.3 is 6.09 Å². The lowest BCUT2D eigenvalue weighted by Crippen LogP contribution is -2.44. The summed E-state index contributed by atoms with van der Waals surface area (Å²) in [6, 6.07) is 6.99. The molecule has 2 aromatic heterocycles. The minimum atomic E-state index is -0.617. The van der Waals surface area contributed by atoms with E-state index in [1.54, 1.807) is 57.2 Å². The molecule has 0 bridgehead atoms. The molecule has 0 unspecified atom stereocenters. The maximum atomic E-state index is 12.8. The highest BCUT2D eigenvalue weighted by Gasteiger charge is 2.32. The van der Waals surface area contributed by atoms with Gasteiger partial charge in [-0.3, -0.25) is 9.69 Å². The van der Waals surface area contributed by atoms with Crippen molar-refractivity contribution in [3.63, 3.8) is 0 Å². The number of likely N-dealkylation sites (tertiary alicyclic amines) is 1. The number of carbonyl (C=O) groups excluding carboxylic acids is 2. The van der Waals surface area contributed by atoms with Crippen LogP contribution in [0.2, 0.25) is 0 Å². The van der Waals surface area contributed by atoms with E-state index >= 15 is 0 Å². The molecule has 0 aromatic carbocycles. The molecule has 0 aliphatic carbocycles. The first-order chi connectivity index (χ1) is 12.3. The zero-order chi connectivity index (χ0) is 18.7. The molecule has 1 aliphatic heterocycles. The van der Waals surface area contributed by atoms with Crippen molar-refractivity contribution in [2.75, 3.05) is 13.1 Å². The number of carbonyl (C=O) groups is 2. The molecule has 3 rings (SSSR count). The van der Waals surface area contributed by atoms with Gasteiger partial charge < -0.3 is 13.6 Å². The predicted molar refractivity (Wildman–Crippen MR) is 96.2 cm³/mol. The number of nitrogens with zero attached hydrogens (tertiary/aromatic N) is 1. The van der Waals surface area contributed by atoms with Crippen molar-refractivity contribution in [2.45, 2.75) is 26.4 Å². The van der Waals surface area contributed by atoms with Crippen molar-refractivity contribution in [3.05, 3.63) is 59.5 Å². The minimum absolute atomic E-state index is 0.141. The summed E-state index contributed by atoms with van der Waals surface area (Å²) in [6.07, 6.45) is 5.89. The van der Waals surface area contributed by atoms with Crippen LogP contribution in [0, 0.1) is 0 Å². The van der Waals surface area contributed by atoms with Crippen LogP contribution in [0.25, 0.3) is 12.2 Å². The number of Topliss-reactive ketones (excluding diaryl/α,β-unsaturated/α-hetero) is 1. The molecule has 1 saturated heterocycles. The molecule has 6 heteroatoms. The molecule has 0 radical (unpaired) electrons. The normalized spacial score (nSPS) is 18.6. The molecule has 6 nitrogen and oxygen atoms in total. The first-order valence-electron chi connectivity index (χ1n) is 8.32. The first-order valence-corrected chi connectivity index (χ1v) is 8.32. The van der Waals surface area contributed by atoms with Crippen molar-refractivity contribution in [2.24, 2.45) is 0 Å². The average Bonchev–Trinajstić information content (AvgIpc) is 3.23. The van der Waals surface area contributed by atoms with Gasteiger partial charge in [0.15, 0.2) is 5.78 Å². The maximum absolute atomic E-state index is 12.8. The maximum Gasteiger partial charge on any atom is 0.410 e. The van der Waals surface area contributed by atoms with Crippen LogP contribution >= 0.6 is 0 Å². The second kappa shape index (κ2) is 7.07. The summed E-state index contributed by atoms with van der Waals surface area (Å²) in [7, 11) is 0. The summed E-state index contributed by atoms with van der Waals surface area (Å²) < 4.78 is 16.1. The van der Waals surface area contributed by atoms with Crippen LogP contribution in [0.3, 0.4) is 0 Å². The first kappa shape index (κ1) is 17.8. The van der Waals surface area contributed by atoms with E-state index in [-0.39, 0.29) is 18.9 Å². The second-order valence-corrected chi connectivity index (χ2v) is 7.04. The fraction of sp³-hybridized carbons (Fsp3) is 0.300. The highest BCUT2D eigenvalue weighted by atomic mass is 16.6. The van der Waals surface area contributed by atoms with Crippen molar-refractivity contribution in [1.82, 2.24) is 4.90 Å². The van der Waals surface area contributed by atoms with Gasteiger partial charge in [-0.25, -0.2) is 4.79 Å². The van der Waals surface area contributed by atoms with Crippen LogP contribution in [0.15, 0.2) is 56.8 Å². The lowest BCUT2D eigenvalue weighted by Gasteiger charge is -2.31. The van der Waals surface area contributed by atoms with Gasteiger partial charge in [0.05, 0.1) is 25.6 Å². The lowest BCUT2D eigenvalue weighted by molar-refractivity contribution is -0.113. The number of rotatable bonds is 2. The average molecular weight is 355 g/mol. The molecule has 2 aromatic rings. The molecule has 1 fully saturated rings. The van der Waals surface area contributed by atoms with Gasteiger partial charge in [-0.15, -0.1) is 0 Å². The summed E-state index contributed by atoms with van der Waals surface area (Å²) in [4.78, 5) is 26.8. The fourth-order valence-corrected chi connectivity index (χ4v) is 2.59. The van der Waals surface area contributed by atoms with Crippen LogP contribution in [-0.4, -0.2) is 35.5 Å². The second-order valence-electron chi connectivity index (χ2n) is 7.04. The van der Waals surface area contributed by atoms with Gasteiger partial charge in [-0.2, -0.15) is 0 Å². The van der Waals surface area contributed by atoms with E-state index in [0.717, 1.165) is 0 Å². The summed E-state index contributed by atoms with van der Waals surface area (Å²) >= 11 is 0. The topological polar surface area (TPSA) is 72.9 Å². The van der Waals surface area contributed by atoms with E-state index in [1.165, 1.54) is 17.4 Å². The molecule has 1 amide bonds. The van der Waals surface area contributed by atoms with Crippen LogP contribution in [0.4, 0.5) is 4.79 Å². The van der Waals surface area contributed by atoms with Crippen molar-refractivity contribution in [3.8, 4) is 0 Å². The third-order valence-electron chi connectivity index (χ3n) is 3.68. The van der Waals surface area contributed by atoms with Crippen molar-refractivity contribution < 1.29 is 23.2 Å². The van der Waals surface area contributed by atoms with Crippen LogP contribution in [-0.2, 0) is 9.53 Å². The Hall–Kier alpha value is -3.02. The Kier molecular flexibility index (Phi) is 4.84. The molecule has 0 atom stereocenters. The Bertz CT molecular complexity index is 779. The molecule has 0 spiro atoms. The highest BCUT2D eigenvalue weighted by Crippen LogP contribution is 2.24. The monoisotopic (exact) mass is 355 g/mol. The third kappa shape index (κ3) is 4.33. The van der Waals surface area contributed by atoms with Gasteiger partial charge in [-0.05, 0) is 57.2 Å². The van der Waals surface area contributed by atoms with Crippen molar-refractivity contribution >= 4 is 24.0 Å². The Morgan fingerprint density at radius 1 is 1.04 bits per heavy atom. The van der Waals surface area contributed by atoms with E-state index in [0.29, 0.717) is 22.7 Å². The van der Waals surface area contributed by atoms with Gasteiger partial charge in [-0.1, -0.05) is 0 Å². The molecular formula is C20H21NO5. The standard InChI is InChI=1S/C20H21NO5/c1-20(2,3)26-19(23)21-12-14(10-16-6-4-8-24-16)18(22)15(13-21)11-17-7-5-9-25-17/h4-11H,12-13H2,1-3H3/b14-10+,15-11+. The number of amides is 1. The Morgan fingerprint density at radius 2 is 1.54 bits per heavy atom. The predicted octanol–water partition coefficient (Wildman–Crippen LogP) is 4.16. The Labute approximate surface area is 151 Å². The number of furan rings is 2. The van der Waals surface area contributed by atoms with E-state index in [1.807, 2.05) is 0 Å². The number of hydrogen-bond acceptors (Lipinski definition) is 5. The molecule has 136 valence electrons. The van der Waals surface area contributed by atoms with Gasteiger partial charge in [0.1, 0.15) is 17.1 Å². The minimum Gasteiger partial charge on any atom is -0.465 e. The van der Waals surface area contributed by atoms with E-state index in [4.69, 9.17) is 13.6 Å². The Balaban J connectivity index is 1.92. The van der Waals surface area contributed by atoms with Crippen LogP contribution in [0.1, 0.15) is 32.3 Å². The van der Waals surface area contributed by atoms with Gasteiger partial charge in [0.2, 0.25) is 0 Å². The molecular weight excluding hydrogens is 334 g/mol. The zero-order valence-electron chi connectivity index (χ0n) is 15.0. The fourth-order valence-electron chi connectivity index (χ4n) is 2.59. The molecule has 26 heavy (non-hydrogen) atoms. The third-order valence-corrected chi connectivity index (χ3v) is 3.68. The molecule has 0 N–H and O–H groups in total.